The summed E-state index contributed by atoms with van der Waals surface area (Å²) in [5, 5.41) is 10.7. The Labute approximate surface area is 728 Å². The van der Waals surface area contributed by atoms with E-state index in [9.17, 15) is 43.2 Å². The van der Waals surface area contributed by atoms with E-state index in [1.807, 2.05) is 0 Å². The molecule has 0 aliphatic rings. The summed E-state index contributed by atoms with van der Waals surface area (Å²) in [4.78, 5) is 73.7. The second-order valence-electron chi connectivity index (χ2n) is 35.8. The summed E-state index contributed by atoms with van der Waals surface area (Å²) in [6, 6.07) is 0. The number of carbonyl (C=O) groups is 4. The van der Waals surface area contributed by atoms with Crippen LogP contribution in [-0.4, -0.2) is 96.7 Å². The van der Waals surface area contributed by atoms with E-state index in [0.29, 0.717) is 25.7 Å². The molecule has 0 aromatic heterocycles. The van der Waals surface area contributed by atoms with Crippen molar-refractivity contribution in [3.63, 3.8) is 0 Å². The van der Waals surface area contributed by atoms with E-state index in [0.717, 1.165) is 95.8 Å². The molecule has 0 heterocycles. The molecule has 0 radical (unpaired) electrons. The fourth-order valence-corrected chi connectivity index (χ4v) is 17.3. The van der Waals surface area contributed by atoms with Gasteiger partial charge in [0, 0.05) is 25.7 Å². The SMILES string of the molecule is CCCCCCCCCCCCCCCCCCCCCCCCC(=O)OC[C@H](COP(=O)(O)OC[C@@H](O)COP(=O)(O)OC[C@@H](COC(=O)CCCCCCCCCCCCCCC)OC(=O)CCCCCCCCCCCCCCCCCCCCCCC)OC(=O)CCCCCCCCCCCCCCCCCCCCC(C)CC. The molecule has 6 atom stereocenters. The van der Waals surface area contributed by atoms with Crippen LogP contribution in [0.15, 0.2) is 0 Å². The Bertz CT molecular complexity index is 2230. The molecule has 0 aromatic rings. The first-order valence-corrected chi connectivity index (χ1v) is 54.2. The van der Waals surface area contributed by atoms with Crippen LogP contribution in [0.5, 0.6) is 0 Å². The number of esters is 4. The van der Waals surface area contributed by atoms with Crippen LogP contribution in [0.3, 0.4) is 0 Å². The predicted octanol–water partition coefficient (Wildman–Crippen LogP) is 31.4. The molecule has 0 amide bonds. The summed E-state index contributed by atoms with van der Waals surface area (Å²) in [5.41, 5.74) is 0. The second kappa shape index (κ2) is 91.3. The molecule has 0 spiro atoms. The number of phosphoric acid groups is 2. The van der Waals surface area contributed by atoms with Crippen molar-refractivity contribution in [1.29, 1.82) is 0 Å². The normalized spacial score (nSPS) is 13.8. The van der Waals surface area contributed by atoms with E-state index >= 15 is 0 Å². The summed E-state index contributed by atoms with van der Waals surface area (Å²) in [5.74, 6) is -1.21. The van der Waals surface area contributed by atoms with Gasteiger partial charge >= 0.3 is 39.5 Å². The first-order valence-electron chi connectivity index (χ1n) is 51.2. The van der Waals surface area contributed by atoms with Crippen LogP contribution in [0.1, 0.15) is 548 Å². The van der Waals surface area contributed by atoms with Gasteiger partial charge in [0.25, 0.3) is 0 Å². The fourth-order valence-electron chi connectivity index (χ4n) is 15.7. The van der Waals surface area contributed by atoms with Crippen LogP contribution in [0.25, 0.3) is 0 Å². The monoisotopic (exact) mass is 1720 g/mol. The molecule has 0 aliphatic carbocycles. The second-order valence-corrected chi connectivity index (χ2v) is 38.7. The summed E-state index contributed by atoms with van der Waals surface area (Å²) in [6.07, 6.45) is 90.5. The maximum Gasteiger partial charge on any atom is 0.472 e. The zero-order chi connectivity index (χ0) is 86.1. The van der Waals surface area contributed by atoms with Crippen molar-refractivity contribution in [1.82, 2.24) is 0 Å². The van der Waals surface area contributed by atoms with E-state index in [4.69, 9.17) is 37.0 Å². The highest BCUT2D eigenvalue weighted by Crippen LogP contribution is 2.45. The fraction of sp³-hybridized carbons (Fsp3) is 0.960. The number of ether oxygens (including phenoxy) is 4. The minimum atomic E-state index is -4.97. The van der Waals surface area contributed by atoms with Gasteiger partial charge in [-0.3, -0.25) is 37.3 Å². The summed E-state index contributed by atoms with van der Waals surface area (Å²) < 4.78 is 69.3. The Hall–Kier alpha value is -1.94. The molecule has 0 aliphatic heterocycles. The topological polar surface area (TPSA) is 237 Å². The lowest BCUT2D eigenvalue weighted by Gasteiger charge is -2.21. The molecular formula is C99H194O17P2. The van der Waals surface area contributed by atoms with Gasteiger partial charge in [0.15, 0.2) is 12.2 Å². The number of aliphatic hydroxyl groups excluding tert-OH is 1. The number of carbonyl (C=O) groups excluding carboxylic acids is 4. The van der Waals surface area contributed by atoms with Crippen LogP contribution in [0, 0.1) is 5.92 Å². The summed E-state index contributed by atoms with van der Waals surface area (Å²) in [7, 11) is -9.95. The van der Waals surface area contributed by atoms with E-state index in [1.54, 1.807) is 0 Å². The number of unbranched alkanes of at least 4 members (excludes halogenated alkanes) is 70. The molecule has 0 aromatic carbocycles. The van der Waals surface area contributed by atoms with E-state index < -0.39 is 97.5 Å². The average molecular weight is 1720 g/mol. The Kier molecular flexibility index (Phi) is 89.8. The first kappa shape index (κ1) is 116. The van der Waals surface area contributed by atoms with Gasteiger partial charge in [-0.1, -0.05) is 497 Å². The Morgan fingerprint density at radius 1 is 0.237 bits per heavy atom. The van der Waals surface area contributed by atoms with Gasteiger partial charge in [0.05, 0.1) is 26.4 Å². The quantitative estimate of drug-likeness (QED) is 0.0222. The number of phosphoric ester groups is 2. The van der Waals surface area contributed by atoms with Crippen molar-refractivity contribution in [3.8, 4) is 0 Å². The number of hydrogen-bond acceptors (Lipinski definition) is 15. The van der Waals surface area contributed by atoms with Crippen molar-refractivity contribution < 1.29 is 80.2 Å². The summed E-state index contributed by atoms with van der Waals surface area (Å²) in [6.45, 7) is 7.51. The zero-order valence-corrected chi connectivity index (χ0v) is 79.9. The molecule has 17 nitrogen and oxygen atoms in total. The van der Waals surface area contributed by atoms with E-state index in [1.165, 1.54) is 372 Å². The highest BCUT2D eigenvalue weighted by atomic mass is 31.2. The highest BCUT2D eigenvalue weighted by Gasteiger charge is 2.31. The van der Waals surface area contributed by atoms with Gasteiger partial charge in [-0.2, -0.15) is 0 Å². The van der Waals surface area contributed by atoms with Gasteiger partial charge in [-0.15, -0.1) is 0 Å². The van der Waals surface area contributed by atoms with Gasteiger partial charge < -0.3 is 33.8 Å². The molecule has 3 unspecified atom stereocenters. The molecule has 3 N–H and O–H groups in total. The largest absolute Gasteiger partial charge is 0.472 e. The number of hydrogen-bond donors (Lipinski definition) is 3. The molecule has 0 rings (SSSR count). The van der Waals surface area contributed by atoms with Crippen molar-refractivity contribution in [2.75, 3.05) is 39.6 Å². The lowest BCUT2D eigenvalue weighted by Crippen LogP contribution is -2.30. The van der Waals surface area contributed by atoms with Gasteiger partial charge in [0.1, 0.15) is 19.3 Å². The van der Waals surface area contributed by atoms with Gasteiger partial charge in [-0.25, -0.2) is 9.13 Å². The van der Waals surface area contributed by atoms with Gasteiger partial charge in [-0.05, 0) is 31.6 Å². The van der Waals surface area contributed by atoms with Crippen LogP contribution in [0.2, 0.25) is 0 Å². The maximum atomic E-state index is 13.2. The van der Waals surface area contributed by atoms with Crippen molar-refractivity contribution in [3.05, 3.63) is 0 Å². The molecule has 0 saturated carbocycles. The smallest absolute Gasteiger partial charge is 0.462 e. The minimum Gasteiger partial charge on any atom is -0.462 e. The number of rotatable bonds is 99. The average Bonchev–Trinajstić information content (AvgIpc) is 0.900. The predicted molar refractivity (Wildman–Crippen MR) is 492 cm³/mol. The maximum absolute atomic E-state index is 13.2. The van der Waals surface area contributed by atoms with E-state index in [-0.39, 0.29) is 25.7 Å². The Balaban J connectivity index is 5.24. The molecule has 19 heteroatoms. The van der Waals surface area contributed by atoms with Crippen LogP contribution < -0.4 is 0 Å². The molecular weight excluding hydrogens is 1520 g/mol. The van der Waals surface area contributed by atoms with Crippen LogP contribution in [-0.2, 0) is 65.4 Å². The third-order valence-electron chi connectivity index (χ3n) is 23.9. The minimum absolute atomic E-state index is 0.110. The van der Waals surface area contributed by atoms with Crippen molar-refractivity contribution in [2.45, 2.75) is 567 Å². The highest BCUT2D eigenvalue weighted by molar-refractivity contribution is 7.47. The summed E-state index contributed by atoms with van der Waals surface area (Å²) >= 11 is 0. The molecule has 0 saturated heterocycles. The molecule has 118 heavy (non-hydrogen) atoms. The van der Waals surface area contributed by atoms with E-state index in [2.05, 4.69) is 34.6 Å². The molecule has 702 valence electrons. The Morgan fingerprint density at radius 2 is 0.407 bits per heavy atom. The first-order chi connectivity index (χ1) is 57.6. The third kappa shape index (κ3) is 90.3. The Morgan fingerprint density at radius 3 is 0.602 bits per heavy atom. The van der Waals surface area contributed by atoms with Crippen LogP contribution >= 0.6 is 15.6 Å². The standard InChI is InChI=1S/C99H194O17P2/c1-6-10-13-16-19-22-25-28-30-32-34-36-38-39-44-48-53-58-63-68-73-78-83-97(102)110-89-95(116-99(104)85-80-75-70-65-60-55-50-46-42-41-43-47-52-56-61-66-71-76-81-92(5)9-4)91-114-118(107,108)112-87-93(100)86-111-117(105,106)113-90-94(88-109-96(101)82-77-72-67-62-57-51-27-24-21-18-15-12-8-3)115-98(103)84-79-74-69-64-59-54-49-45-40-37-35-33-31-29-26-23-20-17-14-11-7-2/h92-95,100H,6-91H2,1-5H3,(H,105,106)(H,107,108)/t92?,93-,94+,95+/m0/s1. The lowest BCUT2D eigenvalue weighted by atomic mass is 9.99. The third-order valence-corrected chi connectivity index (χ3v) is 25.8. The lowest BCUT2D eigenvalue weighted by molar-refractivity contribution is -0.161. The van der Waals surface area contributed by atoms with Crippen molar-refractivity contribution in [2.24, 2.45) is 5.92 Å². The van der Waals surface area contributed by atoms with Crippen LogP contribution in [0.4, 0.5) is 0 Å². The van der Waals surface area contributed by atoms with Gasteiger partial charge in [0.2, 0.25) is 0 Å². The molecule has 0 bridgehead atoms. The molecule has 0 fully saturated rings. The number of aliphatic hydroxyl groups is 1. The zero-order valence-electron chi connectivity index (χ0n) is 78.1. The van der Waals surface area contributed by atoms with Crippen molar-refractivity contribution >= 4 is 39.5 Å².